The van der Waals surface area contributed by atoms with E-state index in [1.54, 1.807) is 25.3 Å². The third-order valence-corrected chi connectivity index (χ3v) is 6.32. The fraction of sp³-hybridized carbons (Fsp3) is 0.519. The molecule has 0 unspecified atom stereocenters. The Hall–Kier alpha value is -2.77. The van der Waals surface area contributed by atoms with Crippen LogP contribution in [0.25, 0.3) is 0 Å². The smallest absolute Gasteiger partial charge is 0.309 e. The van der Waals surface area contributed by atoms with Gasteiger partial charge in [-0.2, -0.15) is 0 Å². The van der Waals surface area contributed by atoms with E-state index in [-0.39, 0.29) is 37.5 Å². The van der Waals surface area contributed by atoms with Gasteiger partial charge in [0.1, 0.15) is 6.10 Å². The normalized spacial score (nSPS) is 31.2. The molecule has 0 fully saturated rings. The molecular formula is C27H37NO6. The molecule has 0 aliphatic carbocycles. The molecule has 2 rings (SSSR count). The second-order valence-electron chi connectivity index (χ2n) is 9.45. The lowest BCUT2D eigenvalue weighted by molar-refractivity contribution is -0.151. The average molecular weight is 472 g/mol. The fourth-order valence-corrected chi connectivity index (χ4v) is 4.05. The number of carbonyl (C=O) groups excluding carboxylic acids is 1. The SMILES string of the molecule is C/C(=C\C=C\[C@H](C)c1ccccn1)[C@H]1OC(=O)C[C@H](O)CC[C@@](C)(O)[C@@H](CC(=O)O)/C=C/[C@@H]1C. The molecule has 3 N–H and O–H groups in total. The summed E-state index contributed by atoms with van der Waals surface area (Å²) < 4.78 is 5.73. The molecule has 1 aromatic heterocycles. The van der Waals surface area contributed by atoms with E-state index in [1.807, 2.05) is 57.2 Å². The summed E-state index contributed by atoms with van der Waals surface area (Å²) in [6.07, 6.45) is 9.37. The number of carbonyl (C=O) groups is 2. The van der Waals surface area contributed by atoms with Crippen LogP contribution in [0.4, 0.5) is 0 Å². The van der Waals surface area contributed by atoms with Crippen LogP contribution in [0.2, 0.25) is 0 Å². The van der Waals surface area contributed by atoms with E-state index in [4.69, 9.17) is 4.74 Å². The number of allylic oxidation sites excluding steroid dienone is 3. The van der Waals surface area contributed by atoms with Crippen molar-refractivity contribution in [2.45, 2.75) is 77.1 Å². The van der Waals surface area contributed by atoms with E-state index in [9.17, 15) is 24.9 Å². The van der Waals surface area contributed by atoms with Crippen LogP contribution in [0.15, 0.2) is 60.3 Å². The highest BCUT2D eigenvalue weighted by Gasteiger charge is 2.34. The first-order valence-electron chi connectivity index (χ1n) is 11.8. The van der Waals surface area contributed by atoms with Crippen LogP contribution < -0.4 is 0 Å². The summed E-state index contributed by atoms with van der Waals surface area (Å²) in [5, 5.41) is 30.5. The first-order chi connectivity index (χ1) is 16.0. The summed E-state index contributed by atoms with van der Waals surface area (Å²) in [6.45, 7) is 7.35. The van der Waals surface area contributed by atoms with Crippen molar-refractivity contribution in [1.82, 2.24) is 4.98 Å². The molecule has 1 aliphatic rings. The van der Waals surface area contributed by atoms with E-state index < -0.39 is 35.7 Å². The van der Waals surface area contributed by atoms with Crippen LogP contribution in [-0.4, -0.2) is 50.1 Å². The molecule has 1 aromatic rings. The van der Waals surface area contributed by atoms with E-state index in [2.05, 4.69) is 4.98 Å². The first kappa shape index (κ1) is 27.5. The van der Waals surface area contributed by atoms with Crippen LogP contribution >= 0.6 is 0 Å². The van der Waals surface area contributed by atoms with Gasteiger partial charge in [-0.1, -0.05) is 50.3 Å². The molecule has 0 spiro atoms. The van der Waals surface area contributed by atoms with Gasteiger partial charge in [-0.05, 0) is 44.4 Å². The number of aliphatic carboxylic acids is 1. The molecule has 0 saturated carbocycles. The number of hydrogen-bond acceptors (Lipinski definition) is 6. The fourth-order valence-electron chi connectivity index (χ4n) is 4.05. The number of aliphatic hydroxyl groups is 2. The van der Waals surface area contributed by atoms with Gasteiger partial charge in [0, 0.05) is 29.6 Å². The number of rotatable bonds is 6. The van der Waals surface area contributed by atoms with Gasteiger partial charge in [0.05, 0.1) is 24.5 Å². The molecule has 0 bridgehead atoms. The zero-order valence-electron chi connectivity index (χ0n) is 20.4. The predicted octanol–water partition coefficient (Wildman–Crippen LogP) is 4.18. The zero-order chi connectivity index (χ0) is 25.3. The number of aliphatic hydroxyl groups excluding tert-OH is 1. The molecule has 1 aliphatic heterocycles. The summed E-state index contributed by atoms with van der Waals surface area (Å²) in [5.74, 6) is -2.33. The number of carboxylic acids is 1. The van der Waals surface area contributed by atoms with Crippen LogP contribution in [-0.2, 0) is 14.3 Å². The van der Waals surface area contributed by atoms with Crippen molar-refractivity contribution in [2.24, 2.45) is 11.8 Å². The molecule has 0 saturated heterocycles. The van der Waals surface area contributed by atoms with Gasteiger partial charge in [-0.15, -0.1) is 0 Å². The number of hydrogen-bond donors (Lipinski definition) is 3. The number of nitrogens with zero attached hydrogens (tertiary/aromatic N) is 1. The molecule has 2 heterocycles. The van der Waals surface area contributed by atoms with Crippen LogP contribution in [0, 0.1) is 11.8 Å². The number of aromatic nitrogens is 1. The minimum absolute atomic E-state index is 0.107. The maximum atomic E-state index is 12.5. The van der Waals surface area contributed by atoms with Gasteiger partial charge >= 0.3 is 11.9 Å². The lowest BCUT2D eigenvalue weighted by Crippen LogP contribution is -2.37. The molecule has 7 nitrogen and oxygen atoms in total. The Bertz CT molecular complexity index is 905. The number of ether oxygens (including phenoxy) is 1. The largest absolute Gasteiger partial charge is 0.481 e. The van der Waals surface area contributed by atoms with Crippen LogP contribution in [0.3, 0.4) is 0 Å². The van der Waals surface area contributed by atoms with Crippen molar-refractivity contribution in [3.8, 4) is 0 Å². The Morgan fingerprint density at radius 1 is 1.35 bits per heavy atom. The van der Waals surface area contributed by atoms with Crippen molar-refractivity contribution in [2.75, 3.05) is 0 Å². The second-order valence-corrected chi connectivity index (χ2v) is 9.45. The maximum absolute atomic E-state index is 12.5. The molecule has 186 valence electrons. The zero-order valence-corrected chi connectivity index (χ0v) is 20.4. The molecule has 34 heavy (non-hydrogen) atoms. The number of cyclic esters (lactones) is 1. The Morgan fingerprint density at radius 2 is 2.09 bits per heavy atom. The summed E-state index contributed by atoms with van der Waals surface area (Å²) in [4.78, 5) is 28.2. The molecule has 6 atom stereocenters. The van der Waals surface area contributed by atoms with Gasteiger partial charge in [0.25, 0.3) is 0 Å². The topological polar surface area (TPSA) is 117 Å². The van der Waals surface area contributed by atoms with E-state index in [0.29, 0.717) is 0 Å². The Labute approximate surface area is 201 Å². The van der Waals surface area contributed by atoms with Gasteiger partial charge in [-0.25, -0.2) is 0 Å². The molecule has 0 aromatic carbocycles. The highest BCUT2D eigenvalue weighted by atomic mass is 16.5. The van der Waals surface area contributed by atoms with Gasteiger partial charge in [-0.3, -0.25) is 14.6 Å². The third kappa shape index (κ3) is 8.54. The van der Waals surface area contributed by atoms with Crippen molar-refractivity contribution in [3.63, 3.8) is 0 Å². The Morgan fingerprint density at radius 3 is 2.74 bits per heavy atom. The molecule has 0 radical (unpaired) electrons. The summed E-state index contributed by atoms with van der Waals surface area (Å²) in [5.41, 5.74) is 0.427. The highest BCUT2D eigenvalue weighted by Crippen LogP contribution is 2.30. The lowest BCUT2D eigenvalue weighted by Gasteiger charge is -2.32. The summed E-state index contributed by atoms with van der Waals surface area (Å²) in [7, 11) is 0. The summed E-state index contributed by atoms with van der Waals surface area (Å²) in [6, 6.07) is 5.77. The highest BCUT2D eigenvalue weighted by molar-refractivity contribution is 5.70. The van der Waals surface area contributed by atoms with Crippen molar-refractivity contribution in [3.05, 3.63) is 66.0 Å². The third-order valence-electron chi connectivity index (χ3n) is 6.32. The van der Waals surface area contributed by atoms with Gasteiger partial charge in [0.15, 0.2) is 0 Å². The van der Waals surface area contributed by atoms with Crippen LogP contribution in [0.1, 0.15) is 65.0 Å². The quantitative estimate of drug-likeness (QED) is 0.324. The standard InChI is InChI=1S/C27H37NO6/c1-18(23-10-5-6-15-28-23)8-7-9-19(2)26-20(3)11-12-21(16-24(30)31)27(4,33)14-13-22(29)17-25(32)34-26/h5-12,15,18,20-22,26,29,33H,13-14,16-17H2,1-4H3,(H,30,31)/b8-7+,12-11+,19-9+/t18-,20-,21+,22+,26+,27+/m0/s1. The van der Waals surface area contributed by atoms with E-state index in [1.165, 1.54) is 0 Å². The van der Waals surface area contributed by atoms with Crippen molar-refractivity contribution < 1.29 is 29.6 Å². The van der Waals surface area contributed by atoms with Crippen LogP contribution in [0.5, 0.6) is 0 Å². The first-order valence-corrected chi connectivity index (χ1v) is 11.8. The lowest BCUT2D eigenvalue weighted by atomic mass is 9.80. The van der Waals surface area contributed by atoms with Crippen molar-refractivity contribution >= 4 is 11.9 Å². The Balaban J connectivity index is 2.29. The number of carboxylic acid groups (broad SMARTS) is 1. The van der Waals surface area contributed by atoms with E-state index in [0.717, 1.165) is 11.3 Å². The minimum Gasteiger partial charge on any atom is -0.481 e. The number of pyridine rings is 1. The minimum atomic E-state index is -1.33. The monoisotopic (exact) mass is 471 g/mol. The average Bonchev–Trinajstić information content (AvgIpc) is 2.78. The van der Waals surface area contributed by atoms with Gasteiger partial charge in [0.2, 0.25) is 0 Å². The second kappa shape index (κ2) is 12.6. The number of esters is 1. The van der Waals surface area contributed by atoms with E-state index >= 15 is 0 Å². The molecule has 0 amide bonds. The van der Waals surface area contributed by atoms with Gasteiger partial charge < -0.3 is 20.1 Å². The molecular weight excluding hydrogens is 434 g/mol. The van der Waals surface area contributed by atoms with Crippen molar-refractivity contribution in [1.29, 1.82) is 0 Å². The molecule has 7 heteroatoms. The maximum Gasteiger partial charge on any atom is 0.309 e. The predicted molar refractivity (Wildman–Crippen MR) is 130 cm³/mol. The Kier molecular flexibility index (Phi) is 10.2. The summed E-state index contributed by atoms with van der Waals surface area (Å²) >= 11 is 0.